The van der Waals surface area contributed by atoms with Crippen molar-refractivity contribution in [3.05, 3.63) is 46.5 Å². The van der Waals surface area contributed by atoms with Gasteiger partial charge in [-0.3, -0.25) is 4.98 Å². The largest absolute Gasteiger partial charge is 0.464 e. The third-order valence-electron chi connectivity index (χ3n) is 2.43. The Hall–Kier alpha value is -1.82. The molecule has 2 N–H and O–H groups in total. The lowest BCUT2D eigenvalue weighted by atomic mass is 10.3. The van der Waals surface area contributed by atoms with Crippen molar-refractivity contribution in [3.63, 3.8) is 0 Å². The van der Waals surface area contributed by atoms with Crippen LogP contribution in [0, 0.1) is 0 Å². The topological polar surface area (TPSA) is 70.1 Å². The van der Waals surface area contributed by atoms with Crippen molar-refractivity contribution in [1.29, 1.82) is 0 Å². The van der Waals surface area contributed by atoms with E-state index in [9.17, 15) is 4.79 Å². The van der Waals surface area contributed by atoms with E-state index in [0.717, 1.165) is 10.2 Å². The van der Waals surface area contributed by atoms with Gasteiger partial charge in [-0.05, 0) is 34.1 Å². The number of hydrogen-bond donors (Lipinski definition) is 1. The van der Waals surface area contributed by atoms with Crippen molar-refractivity contribution in [3.8, 4) is 0 Å². The molecule has 2 rings (SSSR count). The fourth-order valence-corrected chi connectivity index (χ4v) is 1.85. The molecule has 2 heterocycles. The molecule has 0 aliphatic rings. The quantitative estimate of drug-likeness (QED) is 0.881. The summed E-state index contributed by atoms with van der Waals surface area (Å²) >= 11 is 3.32. The molecule has 0 aliphatic carbocycles. The molecule has 0 spiro atoms. The van der Waals surface area contributed by atoms with Crippen molar-refractivity contribution >= 4 is 27.6 Å². The van der Waals surface area contributed by atoms with E-state index >= 15 is 0 Å². The normalized spacial score (nSPS) is 10.3. The highest BCUT2D eigenvalue weighted by atomic mass is 79.9. The molecule has 2 aromatic heterocycles. The molecule has 0 fully saturated rings. The van der Waals surface area contributed by atoms with Crippen LogP contribution in [0.15, 0.2) is 35.1 Å². The standard InChI is InChI=1S/C12H12BrN3O2/c1-18-12(17)11-4-9(14)6-16(11)7-10-3-2-8(13)5-15-10/h2-6H,7,14H2,1H3. The van der Waals surface area contributed by atoms with Crippen LogP contribution in [0.3, 0.4) is 0 Å². The Labute approximate surface area is 113 Å². The van der Waals surface area contributed by atoms with E-state index in [4.69, 9.17) is 10.5 Å². The first kappa shape index (κ1) is 12.6. The number of ether oxygens (including phenoxy) is 1. The van der Waals surface area contributed by atoms with Crippen molar-refractivity contribution in [2.45, 2.75) is 6.54 Å². The smallest absolute Gasteiger partial charge is 0.354 e. The third kappa shape index (κ3) is 2.70. The van der Waals surface area contributed by atoms with Crippen LogP contribution >= 0.6 is 15.9 Å². The molecule has 18 heavy (non-hydrogen) atoms. The number of nitrogens with zero attached hydrogens (tertiary/aromatic N) is 2. The second-order valence-electron chi connectivity index (χ2n) is 3.75. The van der Waals surface area contributed by atoms with Crippen LogP contribution in [-0.4, -0.2) is 22.6 Å². The van der Waals surface area contributed by atoms with Gasteiger partial charge in [0.05, 0.1) is 25.0 Å². The molecule has 0 unspecified atom stereocenters. The fraction of sp³-hybridized carbons (Fsp3) is 0.167. The molecule has 0 atom stereocenters. The number of carbonyl (C=O) groups is 1. The SMILES string of the molecule is COC(=O)c1cc(N)cn1Cc1ccc(Br)cn1. The molecule has 6 heteroatoms. The molecule has 2 aromatic rings. The summed E-state index contributed by atoms with van der Waals surface area (Å²) in [7, 11) is 1.34. The monoisotopic (exact) mass is 309 g/mol. The second kappa shape index (κ2) is 5.22. The van der Waals surface area contributed by atoms with Gasteiger partial charge in [-0.15, -0.1) is 0 Å². The van der Waals surface area contributed by atoms with Crippen LogP contribution in [0.5, 0.6) is 0 Å². The average molecular weight is 310 g/mol. The highest BCUT2D eigenvalue weighted by Gasteiger charge is 2.13. The predicted molar refractivity (Wildman–Crippen MR) is 71.2 cm³/mol. The summed E-state index contributed by atoms with van der Waals surface area (Å²) in [5, 5.41) is 0. The number of esters is 1. The molecule has 0 bridgehead atoms. The number of nitrogens with two attached hydrogens (primary N) is 1. The number of halogens is 1. The molecule has 0 aliphatic heterocycles. The molecule has 0 radical (unpaired) electrons. The Morgan fingerprint density at radius 1 is 1.56 bits per heavy atom. The summed E-state index contributed by atoms with van der Waals surface area (Å²) in [6.45, 7) is 0.467. The molecule has 0 saturated heterocycles. The number of rotatable bonds is 3. The zero-order chi connectivity index (χ0) is 13.1. The maximum Gasteiger partial charge on any atom is 0.354 e. The van der Waals surface area contributed by atoms with E-state index in [2.05, 4.69) is 20.9 Å². The molecule has 0 amide bonds. The van der Waals surface area contributed by atoms with Gasteiger partial charge in [0.25, 0.3) is 0 Å². The fourth-order valence-electron chi connectivity index (χ4n) is 1.61. The minimum atomic E-state index is -0.413. The molecule has 0 saturated carbocycles. The number of nitrogen functional groups attached to an aromatic ring is 1. The van der Waals surface area contributed by atoms with Gasteiger partial charge in [0.1, 0.15) is 5.69 Å². The van der Waals surface area contributed by atoms with E-state index in [1.165, 1.54) is 7.11 Å². The van der Waals surface area contributed by atoms with Gasteiger partial charge in [-0.1, -0.05) is 0 Å². The summed E-state index contributed by atoms with van der Waals surface area (Å²) in [6, 6.07) is 5.36. The Morgan fingerprint density at radius 2 is 2.33 bits per heavy atom. The summed E-state index contributed by atoms with van der Waals surface area (Å²) in [6.07, 6.45) is 3.40. The zero-order valence-electron chi connectivity index (χ0n) is 9.76. The number of carbonyl (C=O) groups excluding carboxylic acids is 1. The highest BCUT2D eigenvalue weighted by molar-refractivity contribution is 9.10. The number of methoxy groups -OCH3 is 1. The Kier molecular flexibility index (Phi) is 3.66. The van der Waals surface area contributed by atoms with Crippen LogP contribution < -0.4 is 5.73 Å². The Balaban J connectivity index is 2.28. The summed E-state index contributed by atoms with van der Waals surface area (Å²) < 4.78 is 7.33. The van der Waals surface area contributed by atoms with E-state index < -0.39 is 5.97 Å². The molecular formula is C12H12BrN3O2. The minimum Gasteiger partial charge on any atom is -0.464 e. The van der Waals surface area contributed by atoms with Crippen LogP contribution in [0.2, 0.25) is 0 Å². The zero-order valence-corrected chi connectivity index (χ0v) is 11.3. The molecule has 94 valence electrons. The van der Waals surface area contributed by atoms with Gasteiger partial charge in [0.2, 0.25) is 0 Å². The Bertz CT molecular complexity index is 563. The lowest BCUT2D eigenvalue weighted by molar-refractivity contribution is 0.0589. The number of aromatic nitrogens is 2. The van der Waals surface area contributed by atoms with Crippen molar-refractivity contribution in [2.75, 3.05) is 12.8 Å². The lowest BCUT2D eigenvalue weighted by Crippen LogP contribution is -2.11. The molecule has 0 aromatic carbocycles. The summed E-state index contributed by atoms with van der Waals surface area (Å²) in [5.74, 6) is -0.413. The van der Waals surface area contributed by atoms with Gasteiger partial charge in [-0.2, -0.15) is 0 Å². The van der Waals surface area contributed by atoms with Crippen LogP contribution in [-0.2, 0) is 11.3 Å². The predicted octanol–water partition coefficient (Wildman–Crippen LogP) is 2.06. The number of anilines is 1. The lowest BCUT2D eigenvalue weighted by Gasteiger charge is -2.06. The van der Waals surface area contributed by atoms with E-state index in [0.29, 0.717) is 17.9 Å². The highest BCUT2D eigenvalue weighted by Crippen LogP contribution is 2.14. The number of pyridine rings is 1. The van der Waals surface area contributed by atoms with E-state index in [1.54, 1.807) is 23.0 Å². The van der Waals surface area contributed by atoms with Gasteiger partial charge in [-0.25, -0.2) is 4.79 Å². The first-order valence-corrected chi connectivity index (χ1v) is 6.04. The van der Waals surface area contributed by atoms with E-state index in [1.807, 2.05) is 12.1 Å². The van der Waals surface area contributed by atoms with Crippen LogP contribution in [0.25, 0.3) is 0 Å². The van der Waals surface area contributed by atoms with Crippen molar-refractivity contribution in [1.82, 2.24) is 9.55 Å². The first-order chi connectivity index (χ1) is 8.60. The van der Waals surface area contributed by atoms with Gasteiger partial charge in [0.15, 0.2) is 0 Å². The summed E-state index contributed by atoms with van der Waals surface area (Å²) in [4.78, 5) is 15.8. The molecular weight excluding hydrogens is 298 g/mol. The number of hydrogen-bond acceptors (Lipinski definition) is 4. The van der Waals surface area contributed by atoms with E-state index in [-0.39, 0.29) is 0 Å². The second-order valence-corrected chi connectivity index (χ2v) is 4.66. The summed E-state index contributed by atoms with van der Waals surface area (Å²) in [5.41, 5.74) is 7.46. The van der Waals surface area contributed by atoms with Crippen LogP contribution in [0.4, 0.5) is 5.69 Å². The van der Waals surface area contributed by atoms with Crippen molar-refractivity contribution in [2.24, 2.45) is 0 Å². The van der Waals surface area contributed by atoms with Crippen LogP contribution in [0.1, 0.15) is 16.2 Å². The van der Waals surface area contributed by atoms with Crippen molar-refractivity contribution < 1.29 is 9.53 Å². The Morgan fingerprint density at radius 3 is 2.94 bits per heavy atom. The van der Waals surface area contributed by atoms with Gasteiger partial charge < -0.3 is 15.0 Å². The molecule has 5 nitrogen and oxygen atoms in total. The maximum atomic E-state index is 11.6. The van der Waals surface area contributed by atoms with Gasteiger partial charge in [0, 0.05) is 16.9 Å². The minimum absolute atomic E-state index is 0.413. The first-order valence-electron chi connectivity index (χ1n) is 5.24. The van der Waals surface area contributed by atoms with Gasteiger partial charge >= 0.3 is 5.97 Å². The average Bonchev–Trinajstić information content (AvgIpc) is 2.72. The third-order valence-corrected chi connectivity index (χ3v) is 2.90. The maximum absolute atomic E-state index is 11.6.